The maximum Gasteiger partial charge on any atom is 0.410 e. The Hall–Kier alpha value is -4.48. The molecule has 0 spiro atoms. The summed E-state index contributed by atoms with van der Waals surface area (Å²) in [5.41, 5.74) is 0.632. The number of imidazole rings is 1. The summed E-state index contributed by atoms with van der Waals surface area (Å²) in [6.45, 7) is 6.89. The number of benzene rings is 1. The van der Waals surface area contributed by atoms with Crippen LogP contribution < -0.4 is 10.9 Å². The Labute approximate surface area is 244 Å². The third-order valence-corrected chi connectivity index (χ3v) is 6.21. The van der Waals surface area contributed by atoms with E-state index >= 15 is 0 Å². The average molecular weight is 583 g/mol. The van der Waals surface area contributed by atoms with E-state index < -0.39 is 29.5 Å². The van der Waals surface area contributed by atoms with Crippen LogP contribution >= 0.6 is 0 Å². The van der Waals surface area contributed by atoms with Gasteiger partial charge in [0.1, 0.15) is 17.3 Å². The van der Waals surface area contributed by atoms with Gasteiger partial charge < -0.3 is 29.0 Å². The normalized spacial score (nSPS) is 12.4. The van der Waals surface area contributed by atoms with Crippen molar-refractivity contribution in [1.82, 2.24) is 23.9 Å². The fraction of sp³-hybridized carbons (Fsp3) is 0.433. The molecule has 1 atom stereocenters. The molecular formula is C30H39FN6O5. The number of pyridine rings is 1. The third-order valence-electron chi connectivity index (χ3n) is 6.21. The Morgan fingerprint density at radius 2 is 1.83 bits per heavy atom. The fourth-order valence-electron chi connectivity index (χ4n) is 4.10. The van der Waals surface area contributed by atoms with Crippen molar-refractivity contribution in [2.75, 3.05) is 33.5 Å². The van der Waals surface area contributed by atoms with Crippen LogP contribution in [0.2, 0.25) is 0 Å². The molecule has 12 heteroatoms. The summed E-state index contributed by atoms with van der Waals surface area (Å²) in [5.74, 6) is -0.733. The van der Waals surface area contributed by atoms with E-state index in [1.165, 1.54) is 52.7 Å². The van der Waals surface area contributed by atoms with Crippen LogP contribution in [-0.2, 0) is 27.4 Å². The molecule has 2 heterocycles. The fourth-order valence-corrected chi connectivity index (χ4v) is 4.10. The molecule has 42 heavy (non-hydrogen) atoms. The number of likely N-dealkylation sites (N-methyl/N-ethyl adjacent to an activating group) is 1. The minimum atomic E-state index is -1.21. The number of aromatic nitrogens is 3. The molecule has 3 aromatic rings. The number of carbonyl (C=O) groups is 3. The maximum absolute atomic E-state index is 13.9. The van der Waals surface area contributed by atoms with Crippen LogP contribution in [0.4, 0.5) is 14.9 Å². The number of anilines is 1. The lowest BCUT2D eigenvalue weighted by Gasteiger charge is -2.22. The molecule has 0 saturated carbocycles. The summed E-state index contributed by atoms with van der Waals surface area (Å²) in [6.07, 6.45) is 2.99. The standard InChI is InChI=1S/C30H39FN6O5/c1-30(2,3)19-37-23-15-14-20(31)17-22(23)32-25(37)18-36-16-10-11-21(28(36)40)33-27(39)24(42-29(41)35(6)7)12-8-9-13-26(38)34(4)5/h9-11,13-17,24H,8,12,18-19H2,1-7H3,(H,33,39)/b13-9+/t24-/m0/s1. The molecule has 2 aromatic heterocycles. The summed E-state index contributed by atoms with van der Waals surface area (Å²) >= 11 is 0. The first-order chi connectivity index (χ1) is 19.7. The van der Waals surface area contributed by atoms with Crippen LogP contribution in [0.15, 0.2) is 53.5 Å². The van der Waals surface area contributed by atoms with Crippen molar-refractivity contribution in [3.05, 3.63) is 70.7 Å². The van der Waals surface area contributed by atoms with Gasteiger partial charge in [-0.3, -0.25) is 14.4 Å². The van der Waals surface area contributed by atoms with E-state index in [2.05, 4.69) is 31.1 Å². The molecule has 0 unspecified atom stereocenters. The molecule has 226 valence electrons. The Bertz CT molecular complexity index is 1530. The van der Waals surface area contributed by atoms with Crippen molar-refractivity contribution >= 4 is 34.6 Å². The summed E-state index contributed by atoms with van der Waals surface area (Å²) in [4.78, 5) is 57.8. The lowest BCUT2D eigenvalue weighted by molar-refractivity contribution is -0.125. The van der Waals surface area contributed by atoms with Crippen LogP contribution in [0.3, 0.4) is 0 Å². The van der Waals surface area contributed by atoms with Crippen molar-refractivity contribution in [1.29, 1.82) is 0 Å². The van der Waals surface area contributed by atoms with Crippen molar-refractivity contribution in [2.45, 2.75) is 52.8 Å². The number of amides is 3. The van der Waals surface area contributed by atoms with Gasteiger partial charge in [-0.1, -0.05) is 26.8 Å². The highest BCUT2D eigenvalue weighted by Gasteiger charge is 2.25. The van der Waals surface area contributed by atoms with E-state index in [1.54, 1.807) is 38.5 Å². The summed E-state index contributed by atoms with van der Waals surface area (Å²) < 4.78 is 22.7. The van der Waals surface area contributed by atoms with E-state index in [1.807, 2.05) is 4.57 Å². The quantitative estimate of drug-likeness (QED) is 0.363. The highest BCUT2D eigenvalue weighted by atomic mass is 19.1. The second-order valence-electron chi connectivity index (χ2n) is 11.6. The number of hydrogen-bond acceptors (Lipinski definition) is 6. The second-order valence-corrected chi connectivity index (χ2v) is 11.6. The Morgan fingerprint density at radius 1 is 1.12 bits per heavy atom. The molecule has 1 N–H and O–H groups in total. The summed E-state index contributed by atoms with van der Waals surface area (Å²) in [7, 11) is 6.22. The molecule has 0 radical (unpaired) electrons. The first-order valence-corrected chi connectivity index (χ1v) is 13.6. The zero-order valence-electron chi connectivity index (χ0n) is 25.2. The van der Waals surface area contributed by atoms with Gasteiger partial charge >= 0.3 is 6.09 Å². The molecular weight excluding hydrogens is 543 g/mol. The van der Waals surface area contributed by atoms with Crippen molar-refractivity contribution in [2.24, 2.45) is 5.41 Å². The zero-order valence-corrected chi connectivity index (χ0v) is 25.2. The molecule has 3 amide bonds. The number of nitrogens with zero attached hydrogens (tertiary/aromatic N) is 5. The van der Waals surface area contributed by atoms with Crippen LogP contribution in [0.25, 0.3) is 11.0 Å². The van der Waals surface area contributed by atoms with Gasteiger partial charge in [0, 0.05) is 47.0 Å². The van der Waals surface area contributed by atoms with Crippen molar-refractivity contribution in [3.63, 3.8) is 0 Å². The predicted octanol–water partition coefficient (Wildman–Crippen LogP) is 3.86. The van der Waals surface area contributed by atoms with E-state index in [0.717, 1.165) is 5.52 Å². The minimum absolute atomic E-state index is 0.00347. The second kappa shape index (κ2) is 13.5. The summed E-state index contributed by atoms with van der Waals surface area (Å²) in [6, 6.07) is 7.49. The van der Waals surface area contributed by atoms with Gasteiger partial charge in [0.25, 0.3) is 11.5 Å². The summed E-state index contributed by atoms with van der Waals surface area (Å²) in [5, 5.41) is 2.59. The number of rotatable bonds is 10. The molecule has 1 aromatic carbocycles. The molecule has 0 aliphatic rings. The van der Waals surface area contributed by atoms with Crippen LogP contribution in [0.1, 0.15) is 39.4 Å². The molecule has 0 fully saturated rings. The highest BCUT2D eigenvalue weighted by Crippen LogP contribution is 2.24. The smallest absolute Gasteiger partial charge is 0.410 e. The van der Waals surface area contributed by atoms with Crippen molar-refractivity contribution < 1.29 is 23.5 Å². The Kier molecular flexibility index (Phi) is 10.3. The molecule has 0 bridgehead atoms. The maximum atomic E-state index is 13.9. The molecule has 3 rings (SSSR count). The van der Waals surface area contributed by atoms with E-state index in [9.17, 15) is 23.6 Å². The van der Waals surface area contributed by atoms with Gasteiger partial charge in [-0.05, 0) is 48.6 Å². The first kappa shape index (κ1) is 32.0. The van der Waals surface area contributed by atoms with Gasteiger partial charge in [-0.15, -0.1) is 0 Å². The molecule has 11 nitrogen and oxygen atoms in total. The topological polar surface area (TPSA) is 119 Å². The number of hydrogen-bond donors (Lipinski definition) is 1. The Morgan fingerprint density at radius 3 is 2.48 bits per heavy atom. The largest absolute Gasteiger partial charge is 0.436 e. The van der Waals surface area contributed by atoms with E-state index in [4.69, 9.17) is 4.74 Å². The van der Waals surface area contributed by atoms with Gasteiger partial charge in [-0.2, -0.15) is 0 Å². The van der Waals surface area contributed by atoms with E-state index in [-0.39, 0.29) is 36.4 Å². The Balaban J connectivity index is 1.85. The van der Waals surface area contributed by atoms with Crippen LogP contribution in [0, 0.1) is 11.2 Å². The number of fused-ring (bicyclic) bond motifs is 1. The molecule has 0 aliphatic carbocycles. The first-order valence-electron chi connectivity index (χ1n) is 13.6. The van der Waals surface area contributed by atoms with Crippen LogP contribution in [0.5, 0.6) is 0 Å². The third kappa shape index (κ3) is 8.51. The van der Waals surface area contributed by atoms with Gasteiger partial charge in [0.05, 0.1) is 17.6 Å². The van der Waals surface area contributed by atoms with Gasteiger partial charge in [0.2, 0.25) is 5.91 Å². The average Bonchev–Trinajstić information content (AvgIpc) is 3.21. The molecule has 0 aliphatic heterocycles. The lowest BCUT2D eigenvalue weighted by atomic mass is 9.96. The number of nitrogens with one attached hydrogen (secondary N) is 1. The minimum Gasteiger partial charge on any atom is -0.436 e. The number of carbonyl (C=O) groups excluding carboxylic acids is 3. The molecule has 0 saturated heterocycles. The number of allylic oxidation sites excluding steroid dienone is 1. The monoisotopic (exact) mass is 582 g/mol. The lowest BCUT2D eigenvalue weighted by Crippen LogP contribution is -2.37. The zero-order chi connectivity index (χ0) is 31.2. The number of ether oxygens (including phenoxy) is 1. The SMILES string of the molecule is CN(C)C(=O)/C=C/CC[C@H](OC(=O)N(C)C)C(=O)Nc1cccn(Cc2nc3cc(F)ccc3n2CC(C)(C)C)c1=O. The van der Waals surface area contributed by atoms with Gasteiger partial charge in [-0.25, -0.2) is 14.2 Å². The van der Waals surface area contributed by atoms with Crippen molar-refractivity contribution in [3.8, 4) is 0 Å². The highest BCUT2D eigenvalue weighted by molar-refractivity contribution is 5.95. The van der Waals surface area contributed by atoms with Gasteiger partial charge in [0.15, 0.2) is 6.10 Å². The van der Waals surface area contributed by atoms with E-state index in [0.29, 0.717) is 17.9 Å². The number of halogens is 1. The van der Waals surface area contributed by atoms with Crippen LogP contribution in [-0.4, -0.2) is 76.1 Å². The predicted molar refractivity (Wildman–Crippen MR) is 159 cm³/mol.